The largest absolute Gasteiger partial charge is 0.494 e. The van der Waals surface area contributed by atoms with Crippen LogP contribution in [0.2, 0.25) is 5.02 Å². The zero-order valence-corrected chi connectivity index (χ0v) is 14.8. The fourth-order valence-corrected chi connectivity index (χ4v) is 2.12. The van der Waals surface area contributed by atoms with Gasteiger partial charge in [0.1, 0.15) is 5.75 Å². The molecular formula is C18H20ClN3O3. The van der Waals surface area contributed by atoms with Gasteiger partial charge in [-0.25, -0.2) is 0 Å². The first kappa shape index (κ1) is 18.6. The molecule has 0 aliphatic heterocycles. The minimum Gasteiger partial charge on any atom is -0.494 e. The first-order chi connectivity index (χ1) is 12.0. The number of carbonyl (C=O) groups excluding carboxylic acids is 1. The maximum Gasteiger partial charge on any atom is 0.267 e. The van der Waals surface area contributed by atoms with Crippen LogP contribution in [0.25, 0.3) is 0 Å². The Kier molecular flexibility index (Phi) is 6.65. The molecule has 0 aliphatic rings. The molecule has 0 radical (unpaired) electrons. The summed E-state index contributed by atoms with van der Waals surface area (Å²) >= 11 is 5.90. The Bertz CT molecular complexity index is 747. The molecule has 6 nitrogen and oxygen atoms in total. The summed E-state index contributed by atoms with van der Waals surface area (Å²) in [7, 11) is 0. The van der Waals surface area contributed by atoms with E-state index >= 15 is 0 Å². The van der Waals surface area contributed by atoms with Crippen molar-refractivity contribution in [2.24, 2.45) is 10.9 Å². The fraction of sp³-hybridized carbons (Fsp3) is 0.222. The average molecular weight is 362 g/mol. The number of ether oxygens (including phenoxy) is 1. The van der Waals surface area contributed by atoms with Gasteiger partial charge in [0.2, 0.25) is 6.10 Å². The minimum absolute atomic E-state index is 0.142. The third-order valence-corrected chi connectivity index (χ3v) is 3.47. The second kappa shape index (κ2) is 8.94. The number of nitrogens with one attached hydrogen (secondary N) is 1. The van der Waals surface area contributed by atoms with E-state index in [4.69, 9.17) is 26.9 Å². The number of hydrogen-bond donors (Lipinski definition) is 2. The van der Waals surface area contributed by atoms with Gasteiger partial charge in [-0.2, -0.15) is 0 Å². The highest BCUT2D eigenvalue weighted by Crippen LogP contribution is 2.16. The summed E-state index contributed by atoms with van der Waals surface area (Å²) in [6, 6.07) is 13.9. The number of benzene rings is 2. The lowest BCUT2D eigenvalue weighted by Crippen LogP contribution is -2.27. The average Bonchev–Trinajstić information content (AvgIpc) is 2.61. The van der Waals surface area contributed by atoms with Crippen molar-refractivity contribution in [3.63, 3.8) is 0 Å². The topological polar surface area (TPSA) is 85.9 Å². The number of hydrogen-bond acceptors (Lipinski definition) is 4. The number of nitrogens with zero attached hydrogens (tertiary/aromatic N) is 1. The van der Waals surface area contributed by atoms with Gasteiger partial charge >= 0.3 is 0 Å². The highest BCUT2D eigenvalue weighted by molar-refractivity contribution is 6.31. The van der Waals surface area contributed by atoms with Crippen LogP contribution in [0.3, 0.4) is 0 Å². The number of amidine groups is 1. The van der Waals surface area contributed by atoms with Crippen molar-refractivity contribution in [3.8, 4) is 5.75 Å². The second-order valence-corrected chi connectivity index (χ2v) is 5.62. The third-order valence-electron chi connectivity index (χ3n) is 3.23. The standard InChI is InChI=1S/C18H20ClN3O3/c1-3-24-16-9-7-15(8-10-16)21-18(23)12(2)25-22-17(20)13-5-4-6-14(19)11-13/h4-12H,3H2,1-2H3,(H2,20,22)(H,21,23). The van der Waals surface area contributed by atoms with Gasteiger partial charge in [-0.3, -0.25) is 4.79 Å². The third kappa shape index (κ3) is 5.69. The van der Waals surface area contributed by atoms with Crippen LogP contribution < -0.4 is 15.8 Å². The molecule has 0 spiro atoms. The Morgan fingerprint density at radius 2 is 2.00 bits per heavy atom. The van der Waals surface area contributed by atoms with Crippen molar-refractivity contribution >= 4 is 29.0 Å². The summed E-state index contributed by atoms with van der Waals surface area (Å²) in [6.07, 6.45) is -0.815. The summed E-state index contributed by atoms with van der Waals surface area (Å²) in [4.78, 5) is 17.3. The van der Waals surface area contributed by atoms with Gasteiger partial charge in [-0.15, -0.1) is 0 Å². The van der Waals surface area contributed by atoms with E-state index in [0.29, 0.717) is 22.9 Å². The maximum atomic E-state index is 12.1. The second-order valence-electron chi connectivity index (χ2n) is 5.18. The Labute approximate surface area is 151 Å². The van der Waals surface area contributed by atoms with Crippen molar-refractivity contribution in [1.29, 1.82) is 0 Å². The summed E-state index contributed by atoms with van der Waals surface area (Å²) in [6.45, 7) is 4.08. The molecule has 132 valence electrons. The van der Waals surface area contributed by atoms with Crippen molar-refractivity contribution in [2.45, 2.75) is 20.0 Å². The maximum absolute atomic E-state index is 12.1. The molecule has 0 saturated heterocycles. The Morgan fingerprint density at radius 3 is 2.64 bits per heavy atom. The van der Waals surface area contributed by atoms with E-state index in [1.807, 2.05) is 6.92 Å². The quantitative estimate of drug-likeness (QED) is 0.449. The first-order valence-corrected chi connectivity index (χ1v) is 8.16. The van der Waals surface area contributed by atoms with Crippen LogP contribution in [0.15, 0.2) is 53.7 Å². The zero-order valence-electron chi connectivity index (χ0n) is 14.0. The van der Waals surface area contributed by atoms with Gasteiger partial charge in [0.05, 0.1) is 6.61 Å². The molecule has 2 aromatic carbocycles. The van der Waals surface area contributed by atoms with Crippen LogP contribution in [0.5, 0.6) is 5.75 Å². The molecule has 0 aromatic heterocycles. The lowest BCUT2D eigenvalue weighted by molar-refractivity contribution is -0.126. The van der Waals surface area contributed by atoms with Gasteiger partial charge in [0.25, 0.3) is 5.91 Å². The molecule has 0 heterocycles. The van der Waals surface area contributed by atoms with Crippen molar-refractivity contribution in [1.82, 2.24) is 0 Å². The smallest absolute Gasteiger partial charge is 0.267 e. The van der Waals surface area contributed by atoms with Crippen LogP contribution in [0.1, 0.15) is 19.4 Å². The highest BCUT2D eigenvalue weighted by Gasteiger charge is 2.15. The molecule has 3 N–H and O–H groups in total. The summed E-state index contributed by atoms with van der Waals surface area (Å²) in [5.74, 6) is 0.540. The fourth-order valence-electron chi connectivity index (χ4n) is 1.93. The molecule has 1 unspecified atom stereocenters. The van der Waals surface area contributed by atoms with Crippen molar-refractivity contribution in [3.05, 3.63) is 59.1 Å². The van der Waals surface area contributed by atoms with E-state index in [1.165, 1.54) is 0 Å². The minimum atomic E-state index is -0.815. The molecule has 2 aromatic rings. The van der Waals surface area contributed by atoms with E-state index < -0.39 is 6.10 Å². The molecule has 0 fully saturated rings. The zero-order chi connectivity index (χ0) is 18.2. The lowest BCUT2D eigenvalue weighted by atomic mass is 10.2. The van der Waals surface area contributed by atoms with Crippen LogP contribution in [-0.4, -0.2) is 24.5 Å². The van der Waals surface area contributed by atoms with Crippen molar-refractivity contribution in [2.75, 3.05) is 11.9 Å². The molecule has 7 heteroatoms. The Balaban J connectivity index is 1.92. The van der Waals surface area contributed by atoms with Crippen LogP contribution in [-0.2, 0) is 9.63 Å². The number of halogens is 1. The summed E-state index contributed by atoms with van der Waals surface area (Å²) < 4.78 is 5.35. The van der Waals surface area contributed by atoms with Crippen LogP contribution >= 0.6 is 11.6 Å². The highest BCUT2D eigenvalue weighted by atomic mass is 35.5. The van der Waals surface area contributed by atoms with Gasteiger partial charge in [-0.1, -0.05) is 28.9 Å². The van der Waals surface area contributed by atoms with E-state index in [0.717, 1.165) is 5.75 Å². The molecule has 2 rings (SSSR count). The Hall–Kier alpha value is -2.73. The van der Waals surface area contributed by atoms with Gasteiger partial charge in [0.15, 0.2) is 5.84 Å². The molecule has 1 amide bonds. The monoisotopic (exact) mass is 361 g/mol. The SMILES string of the molecule is CCOc1ccc(NC(=O)C(C)ON=C(N)c2cccc(Cl)c2)cc1. The predicted molar refractivity (Wildman–Crippen MR) is 99.0 cm³/mol. The van der Waals surface area contributed by atoms with Gasteiger partial charge < -0.3 is 20.6 Å². The van der Waals surface area contributed by atoms with Crippen molar-refractivity contribution < 1.29 is 14.4 Å². The lowest BCUT2D eigenvalue weighted by Gasteiger charge is -2.12. The Morgan fingerprint density at radius 1 is 1.28 bits per heavy atom. The van der Waals surface area contributed by atoms with E-state index in [1.54, 1.807) is 55.5 Å². The number of oxime groups is 1. The van der Waals surface area contributed by atoms with Crippen LogP contribution in [0.4, 0.5) is 5.69 Å². The van der Waals surface area contributed by atoms with E-state index in [-0.39, 0.29) is 11.7 Å². The number of carbonyl (C=O) groups is 1. The number of anilines is 1. The number of rotatable bonds is 7. The van der Waals surface area contributed by atoms with E-state index in [2.05, 4.69) is 10.5 Å². The van der Waals surface area contributed by atoms with Crippen LogP contribution in [0, 0.1) is 0 Å². The summed E-state index contributed by atoms with van der Waals surface area (Å²) in [5, 5.41) is 7.06. The number of nitrogens with two attached hydrogens (primary N) is 1. The number of amides is 1. The first-order valence-electron chi connectivity index (χ1n) is 7.78. The van der Waals surface area contributed by atoms with E-state index in [9.17, 15) is 4.79 Å². The summed E-state index contributed by atoms with van der Waals surface area (Å²) in [5.41, 5.74) is 7.08. The molecule has 0 saturated carbocycles. The molecule has 25 heavy (non-hydrogen) atoms. The molecule has 1 atom stereocenters. The molecule has 0 aliphatic carbocycles. The predicted octanol–water partition coefficient (Wildman–Crippen LogP) is 3.40. The van der Waals surface area contributed by atoms with Gasteiger partial charge in [0, 0.05) is 16.3 Å². The molecule has 0 bridgehead atoms. The molecular weight excluding hydrogens is 342 g/mol. The van der Waals surface area contributed by atoms with Gasteiger partial charge in [-0.05, 0) is 50.2 Å². The normalized spacial score (nSPS) is 12.4.